The maximum absolute atomic E-state index is 12.5. The van der Waals surface area contributed by atoms with Crippen LogP contribution >= 0.6 is 11.6 Å². The Morgan fingerprint density at radius 2 is 1.74 bits per heavy atom. The average Bonchev–Trinajstić information content (AvgIpc) is 2.55. The van der Waals surface area contributed by atoms with Crippen molar-refractivity contribution in [3.8, 4) is 11.5 Å². The molecule has 122 valence electrons. The van der Waals surface area contributed by atoms with Gasteiger partial charge in [0.15, 0.2) is 11.5 Å². The number of carbonyl (C=O) groups excluding carboxylic acids is 1. The molecule has 23 heavy (non-hydrogen) atoms. The standard InChI is InChI=1S/C15H14ClNO5S/c1-21-14-6-4-11(8-15(14)22-2)23(19,20)17-13-7-10(9-18)3-5-12(13)16/h3-9,17H,1-2H3. The number of carbonyl (C=O) groups is 1. The molecule has 6 nitrogen and oxygen atoms in total. The summed E-state index contributed by atoms with van der Waals surface area (Å²) in [5, 5.41) is 0.180. The van der Waals surface area contributed by atoms with Gasteiger partial charge in [-0.25, -0.2) is 8.42 Å². The minimum atomic E-state index is -3.90. The van der Waals surface area contributed by atoms with Crippen molar-refractivity contribution in [3.05, 3.63) is 47.0 Å². The number of rotatable bonds is 6. The van der Waals surface area contributed by atoms with E-state index in [4.69, 9.17) is 21.1 Å². The van der Waals surface area contributed by atoms with Gasteiger partial charge in [-0.2, -0.15) is 0 Å². The predicted octanol–water partition coefficient (Wildman–Crippen LogP) is 2.97. The number of benzene rings is 2. The molecule has 2 aromatic carbocycles. The van der Waals surface area contributed by atoms with Crippen molar-refractivity contribution >= 4 is 33.6 Å². The maximum Gasteiger partial charge on any atom is 0.262 e. The lowest BCUT2D eigenvalue weighted by Gasteiger charge is -2.12. The highest BCUT2D eigenvalue weighted by atomic mass is 35.5. The predicted molar refractivity (Wildman–Crippen MR) is 87.2 cm³/mol. The van der Waals surface area contributed by atoms with Crippen molar-refractivity contribution in [3.63, 3.8) is 0 Å². The summed E-state index contributed by atoms with van der Waals surface area (Å²) in [6.45, 7) is 0. The molecular weight excluding hydrogens is 342 g/mol. The number of anilines is 1. The smallest absolute Gasteiger partial charge is 0.262 e. The van der Waals surface area contributed by atoms with Gasteiger partial charge in [0, 0.05) is 11.6 Å². The molecule has 0 fully saturated rings. The van der Waals surface area contributed by atoms with Crippen LogP contribution in [-0.2, 0) is 10.0 Å². The van der Waals surface area contributed by atoms with Crippen LogP contribution in [0, 0.1) is 0 Å². The highest BCUT2D eigenvalue weighted by molar-refractivity contribution is 7.92. The lowest BCUT2D eigenvalue weighted by molar-refractivity contribution is 0.112. The first-order valence-electron chi connectivity index (χ1n) is 6.41. The zero-order valence-corrected chi connectivity index (χ0v) is 13.9. The van der Waals surface area contributed by atoms with Crippen molar-refractivity contribution in [1.82, 2.24) is 0 Å². The maximum atomic E-state index is 12.5. The molecule has 0 saturated carbocycles. The molecule has 0 radical (unpaired) electrons. The van der Waals surface area contributed by atoms with E-state index in [1.54, 1.807) is 0 Å². The van der Waals surface area contributed by atoms with E-state index in [2.05, 4.69) is 4.72 Å². The third-order valence-electron chi connectivity index (χ3n) is 3.04. The number of halogens is 1. The van der Waals surface area contributed by atoms with Crippen LogP contribution in [0.25, 0.3) is 0 Å². The third-order valence-corrected chi connectivity index (χ3v) is 4.73. The van der Waals surface area contributed by atoms with Crippen molar-refractivity contribution in [2.45, 2.75) is 4.90 Å². The van der Waals surface area contributed by atoms with Crippen LogP contribution in [0.5, 0.6) is 11.5 Å². The van der Waals surface area contributed by atoms with Crippen LogP contribution < -0.4 is 14.2 Å². The number of methoxy groups -OCH3 is 2. The topological polar surface area (TPSA) is 81.7 Å². The molecule has 0 amide bonds. The van der Waals surface area contributed by atoms with Gasteiger partial charge in [-0.1, -0.05) is 17.7 Å². The summed E-state index contributed by atoms with van der Waals surface area (Å²) in [4.78, 5) is 10.8. The molecule has 0 aromatic heterocycles. The Morgan fingerprint density at radius 1 is 1.04 bits per heavy atom. The Kier molecular flexibility index (Phi) is 5.12. The van der Waals surface area contributed by atoms with Gasteiger partial charge < -0.3 is 9.47 Å². The Bertz CT molecular complexity index is 836. The zero-order chi connectivity index (χ0) is 17.0. The average molecular weight is 356 g/mol. The molecule has 0 heterocycles. The fourth-order valence-corrected chi connectivity index (χ4v) is 3.19. The Morgan fingerprint density at radius 3 is 2.35 bits per heavy atom. The number of nitrogens with one attached hydrogen (secondary N) is 1. The van der Waals surface area contributed by atoms with Gasteiger partial charge in [-0.15, -0.1) is 0 Å². The highest BCUT2D eigenvalue weighted by Gasteiger charge is 2.18. The number of ether oxygens (including phenoxy) is 2. The van der Waals surface area contributed by atoms with Gasteiger partial charge in [0.2, 0.25) is 0 Å². The van der Waals surface area contributed by atoms with E-state index in [9.17, 15) is 13.2 Å². The summed E-state index contributed by atoms with van der Waals surface area (Å²) < 4.78 is 37.4. The van der Waals surface area contributed by atoms with Gasteiger partial charge in [-0.3, -0.25) is 9.52 Å². The summed E-state index contributed by atoms with van der Waals surface area (Å²) in [5.41, 5.74) is 0.422. The van der Waals surface area contributed by atoms with Gasteiger partial charge in [0.05, 0.1) is 29.8 Å². The molecule has 2 rings (SSSR count). The largest absolute Gasteiger partial charge is 0.493 e. The summed E-state index contributed by atoms with van der Waals surface area (Å²) in [7, 11) is -1.04. The first kappa shape index (κ1) is 17.1. The Balaban J connectivity index is 2.41. The molecule has 0 unspecified atom stereocenters. The van der Waals surface area contributed by atoms with Crippen LogP contribution in [0.2, 0.25) is 5.02 Å². The van der Waals surface area contributed by atoms with E-state index in [1.165, 1.54) is 50.6 Å². The summed E-state index contributed by atoms with van der Waals surface area (Å²) in [6, 6.07) is 8.48. The number of aldehydes is 1. The molecule has 2 aromatic rings. The quantitative estimate of drug-likeness (QED) is 0.805. The van der Waals surface area contributed by atoms with Gasteiger partial charge in [-0.05, 0) is 24.3 Å². The number of hydrogen-bond donors (Lipinski definition) is 1. The van der Waals surface area contributed by atoms with E-state index >= 15 is 0 Å². The zero-order valence-electron chi connectivity index (χ0n) is 12.4. The molecule has 0 atom stereocenters. The first-order chi connectivity index (χ1) is 10.9. The fraction of sp³-hybridized carbons (Fsp3) is 0.133. The summed E-state index contributed by atoms with van der Waals surface area (Å²) in [5.74, 6) is 0.690. The van der Waals surface area contributed by atoms with Crippen LogP contribution in [0.15, 0.2) is 41.3 Å². The van der Waals surface area contributed by atoms with Crippen molar-refractivity contribution in [1.29, 1.82) is 0 Å². The van der Waals surface area contributed by atoms with Crippen molar-refractivity contribution < 1.29 is 22.7 Å². The molecule has 0 spiro atoms. The molecular formula is C15H14ClNO5S. The SMILES string of the molecule is COc1ccc(S(=O)(=O)Nc2cc(C=O)ccc2Cl)cc1OC. The molecule has 0 bridgehead atoms. The molecule has 0 saturated heterocycles. The Labute approximate surface area is 139 Å². The first-order valence-corrected chi connectivity index (χ1v) is 8.27. The molecule has 8 heteroatoms. The number of hydrogen-bond acceptors (Lipinski definition) is 5. The van der Waals surface area contributed by atoms with Gasteiger partial charge in [0.1, 0.15) is 6.29 Å². The van der Waals surface area contributed by atoms with Crippen LogP contribution in [-0.4, -0.2) is 28.9 Å². The second kappa shape index (κ2) is 6.89. The molecule has 0 aliphatic carbocycles. The van der Waals surface area contributed by atoms with E-state index in [1.807, 2.05) is 0 Å². The van der Waals surface area contributed by atoms with Gasteiger partial charge in [0.25, 0.3) is 10.0 Å². The molecule has 1 N–H and O–H groups in total. The second-order valence-electron chi connectivity index (χ2n) is 4.48. The second-order valence-corrected chi connectivity index (χ2v) is 6.57. The Hall–Kier alpha value is -2.25. The lowest BCUT2D eigenvalue weighted by Crippen LogP contribution is -2.13. The molecule has 0 aliphatic heterocycles. The summed E-state index contributed by atoms with van der Waals surface area (Å²) in [6.07, 6.45) is 0.602. The minimum absolute atomic E-state index is 0.0253. The fourth-order valence-electron chi connectivity index (χ4n) is 1.88. The number of sulfonamides is 1. The van der Waals surface area contributed by atoms with Gasteiger partial charge >= 0.3 is 0 Å². The van der Waals surface area contributed by atoms with E-state index in [0.717, 1.165) is 0 Å². The van der Waals surface area contributed by atoms with E-state index in [-0.39, 0.29) is 21.4 Å². The van der Waals surface area contributed by atoms with Crippen molar-refractivity contribution in [2.24, 2.45) is 0 Å². The van der Waals surface area contributed by atoms with E-state index in [0.29, 0.717) is 17.6 Å². The highest BCUT2D eigenvalue weighted by Crippen LogP contribution is 2.31. The van der Waals surface area contributed by atoms with Crippen LogP contribution in [0.4, 0.5) is 5.69 Å². The summed E-state index contributed by atoms with van der Waals surface area (Å²) >= 11 is 5.97. The van der Waals surface area contributed by atoms with E-state index < -0.39 is 10.0 Å². The normalized spacial score (nSPS) is 10.9. The minimum Gasteiger partial charge on any atom is -0.493 e. The van der Waals surface area contributed by atoms with Crippen molar-refractivity contribution in [2.75, 3.05) is 18.9 Å². The third kappa shape index (κ3) is 3.75. The molecule has 0 aliphatic rings. The van der Waals surface area contributed by atoms with Crippen LogP contribution in [0.1, 0.15) is 10.4 Å². The lowest BCUT2D eigenvalue weighted by atomic mass is 10.2. The van der Waals surface area contributed by atoms with Crippen LogP contribution in [0.3, 0.4) is 0 Å². The monoisotopic (exact) mass is 355 g/mol.